The van der Waals surface area contributed by atoms with Crippen LogP contribution in [0.15, 0.2) is 22.6 Å². The van der Waals surface area contributed by atoms with E-state index in [-0.39, 0.29) is 0 Å². The van der Waals surface area contributed by atoms with Crippen molar-refractivity contribution < 1.29 is 4.42 Å². The molecule has 0 bridgehead atoms. The average molecular weight is 218 g/mol. The lowest BCUT2D eigenvalue weighted by Crippen LogP contribution is -2.38. The minimum Gasteiger partial charge on any atom is -0.461 e. The summed E-state index contributed by atoms with van der Waals surface area (Å²) >= 11 is 0. The van der Waals surface area contributed by atoms with Crippen molar-refractivity contribution in [1.29, 1.82) is 0 Å². The first-order valence-corrected chi connectivity index (χ1v) is 8.89. The van der Waals surface area contributed by atoms with Crippen molar-refractivity contribution in [2.45, 2.75) is 33.5 Å². The maximum atomic E-state index is 5.82. The zero-order valence-corrected chi connectivity index (χ0v) is 11.1. The summed E-state index contributed by atoms with van der Waals surface area (Å²) in [4.78, 5) is 0. The topological polar surface area (TPSA) is 13.1 Å². The van der Waals surface area contributed by atoms with Gasteiger partial charge in [-0.3, -0.25) is 0 Å². The van der Waals surface area contributed by atoms with Crippen molar-refractivity contribution in [3.05, 3.63) is 29.5 Å². The van der Waals surface area contributed by atoms with E-state index in [2.05, 4.69) is 44.8 Å². The molecule has 0 radical (unpaired) electrons. The van der Waals surface area contributed by atoms with Crippen molar-refractivity contribution in [3.8, 4) is 0 Å². The molecule has 1 aromatic heterocycles. The molecule has 0 amide bonds. The quantitative estimate of drug-likeness (QED) is 0.667. The lowest BCUT2D eigenvalue weighted by molar-refractivity contribution is 0.580. The van der Waals surface area contributed by atoms with E-state index in [0.717, 1.165) is 11.3 Å². The van der Waals surface area contributed by atoms with E-state index < -0.39 is 8.07 Å². The SMILES string of the molecule is Cc1cc([Si](C)(C)C)c2oc(C)cc2c1. The predicted molar refractivity (Wildman–Crippen MR) is 68.7 cm³/mol. The van der Waals surface area contributed by atoms with Crippen LogP contribution in [-0.4, -0.2) is 8.07 Å². The summed E-state index contributed by atoms with van der Waals surface area (Å²) in [6, 6.07) is 6.62. The van der Waals surface area contributed by atoms with Gasteiger partial charge < -0.3 is 4.42 Å². The highest BCUT2D eigenvalue weighted by Gasteiger charge is 2.21. The molecule has 2 aromatic rings. The van der Waals surface area contributed by atoms with Crippen molar-refractivity contribution in [2.75, 3.05) is 0 Å². The summed E-state index contributed by atoms with van der Waals surface area (Å²) in [6.45, 7) is 11.3. The Balaban J connectivity index is 2.82. The highest BCUT2D eigenvalue weighted by atomic mass is 28.3. The van der Waals surface area contributed by atoms with Gasteiger partial charge in [0.2, 0.25) is 0 Å². The molecule has 1 heterocycles. The first-order valence-electron chi connectivity index (χ1n) is 5.39. The Bertz CT molecular complexity index is 503. The minimum atomic E-state index is -1.31. The fourth-order valence-electron chi connectivity index (χ4n) is 1.99. The largest absolute Gasteiger partial charge is 0.461 e. The molecule has 0 atom stereocenters. The van der Waals surface area contributed by atoms with E-state index in [1.54, 1.807) is 0 Å². The van der Waals surface area contributed by atoms with Gasteiger partial charge in [0.1, 0.15) is 11.3 Å². The second-order valence-corrected chi connectivity index (χ2v) is 10.4. The van der Waals surface area contributed by atoms with Crippen LogP contribution in [0, 0.1) is 13.8 Å². The molecular weight excluding hydrogens is 200 g/mol. The zero-order chi connectivity index (χ0) is 11.2. The van der Waals surface area contributed by atoms with Gasteiger partial charge in [0.05, 0.1) is 8.07 Å². The summed E-state index contributed by atoms with van der Waals surface area (Å²) in [5, 5.41) is 2.69. The molecule has 0 aliphatic rings. The van der Waals surface area contributed by atoms with Gasteiger partial charge in [0.25, 0.3) is 0 Å². The van der Waals surface area contributed by atoms with Gasteiger partial charge in [-0.2, -0.15) is 0 Å². The highest BCUT2D eigenvalue weighted by molar-refractivity contribution is 6.90. The Morgan fingerprint density at radius 1 is 1.00 bits per heavy atom. The summed E-state index contributed by atoms with van der Waals surface area (Å²) in [6.07, 6.45) is 0. The number of furan rings is 1. The van der Waals surface area contributed by atoms with Crippen LogP contribution < -0.4 is 5.19 Å². The molecule has 0 aliphatic carbocycles. The second kappa shape index (κ2) is 3.24. The maximum Gasteiger partial charge on any atom is 0.133 e. The fourth-order valence-corrected chi connectivity index (χ4v) is 3.53. The van der Waals surface area contributed by atoms with Crippen LogP contribution in [0.4, 0.5) is 0 Å². The van der Waals surface area contributed by atoms with Gasteiger partial charge in [-0.05, 0) is 31.2 Å². The Labute approximate surface area is 92.1 Å². The van der Waals surface area contributed by atoms with Crippen molar-refractivity contribution >= 4 is 24.2 Å². The third-order valence-electron chi connectivity index (χ3n) is 2.69. The summed E-state index contributed by atoms with van der Waals surface area (Å²) in [5.74, 6) is 1.01. The van der Waals surface area contributed by atoms with Crippen LogP contribution in [0.25, 0.3) is 11.0 Å². The molecular formula is C13H18OSi. The highest BCUT2D eigenvalue weighted by Crippen LogP contribution is 2.21. The van der Waals surface area contributed by atoms with Crippen molar-refractivity contribution in [2.24, 2.45) is 0 Å². The van der Waals surface area contributed by atoms with E-state index in [9.17, 15) is 0 Å². The minimum absolute atomic E-state index is 1.01. The van der Waals surface area contributed by atoms with Crippen LogP contribution in [0.3, 0.4) is 0 Å². The smallest absolute Gasteiger partial charge is 0.133 e. The molecule has 1 nitrogen and oxygen atoms in total. The van der Waals surface area contributed by atoms with E-state index in [4.69, 9.17) is 4.42 Å². The molecule has 1 aromatic carbocycles. The van der Waals surface area contributed by atoms with Crippen LogP contribution in [-0.2, 0) is 0 Å². The summed E-state index contributed by atoms with van der Waals surface area (Å²) < 4.78 is 5.82. The molecule has 15 heavy (non-hydrogen) atoms. The van der Waals surface area contributed by atoms with Crippen LogP contribution in [0.1, 0.15) is 11.3 Å². The van der Waals surface area contributed by atoms with Gasteiger partial charge in [-0.25, -0.2) is 0 Å². The van der Waals surface area contributed by atoms with Crippen LogP contribution >= 0.6 is 0 Å². The number of aryl methyl sites for hydroxylation is 2. The zero-order valence-electron chi connectivity index (χ0n) is 10.1. The van der Waals surface area contributed by atoms with Gasteiger partial charge >= 0.3 is 0 Å². The van der Waals surface area contributed by atoms with Gasteiger partial charge in [0.15, 0.2) is 0 Å². The molecule has 80 valence electrons. The van der Waals surface area contributed by atoms with Gasteiger partial charge in [-0.15, -0.1) is 0 Å². The van der Waals surface area contributed by atoms with Crippen LogP contribution in [0.5, 0.6) is 0 Å². The Hall–Kier alpha value is -1.02. The second-order valence-electron chi connectivity index (χ2n) is 5.34. The standard InChI is InChI=1S/C13H18OSi/c1-9-6-11-8-10(2)14-13(11)12(7-9)15(3,4)5/h6-8H,1-5H3. The number of rotatable bonds is 1. The number of hydrogen-bond donors (Lipinski definition) is 0. The molecule has 0 spiro atoms. The molecule has 0 saturated heterocycles. The first kappa shape index (κ1) is 10.5. The molecule has 0 N–H and O–H groups in total. The van der Waals surface area contributed by atoms with Crippen molar-refractivity contribution in [1.82, 2.24) is 0 Å². The predicted octanol–water partition coefficient (Wildman–Crippen LogP) is 3.59. The summed E-state index contributed by atoms with van der Waals surface area (Å²) in [7, 11) is -1.31. The maximum absolute atomic E-state index is 5.82. The number of fused-ring (bicyclic) bond motifs is 1. The van der Waals surface area contributed by atoms with E-state index in [1.807, 2.05) is 6.92 Å². The number of hydrogen-bond acceptors (Lipinski definition) is 1. The van der Waals surface area contributed by atoms with Gasteiger partial charge in [-0.1, -0.05) is 31.3 Å². The third-order valence-corrected chi connectivity index (χ3v) is 4.68. The number of benzene rings is 1. The normalized spacial score (nSPS) is 12.3. The Morgan fingerprint density at radius 3 is 2.27 bits per heavy atom. The Morgan fingerprint density at radius 2 is 1.67 bits per heavy atom. The Kier molecular flexibility index (Phi) is 2.27. The molecule has 0 unspecified atom stereocenters. The molecule has 0 saturated carbocycles. The van der Waals surface area contributed by atoms with Gasteiger partial charge in [0, 0.05) is 5.39 Å². The fraction of sp³-hybridized carbons (Fsp3) is 0.385. The monoisotopic (exact) mass is 218 g/mol. The molecule has 2 rings (SSSR count). The van der Waals surface area contributed by atoms with Crippen molar-refractivity contribution in [3.63, 3.8) is 0 Å². The van der Waals surface area contributed by atoms with E-state index in [1.165, 1.54) is 16.1 Å². The lowest BCUT2D eigenvalue weighted by atomic mass is 10.2. The summed E-state index contributed by atoms with van der Waals surface area (Å²) in [5.41, 5.74) is 2.44. The third kappa shape index (κ3) is 1.86. The average Bonchev–Trinajstić information content (AvgIpc) is 2.41. The van der Waals surface area contributed by atoms with E-state index in [0.29, 0.717) is 0 Å². The first-order chi connectivity index (χ1) is 6.88. The lowest BCUT2D eigenvalue weighted by Gasteiger charge is -2.17. The van der Waals surface area contributed by atoms with Crippen LogP contribution in [0.2, 0.25) is 19.6 Å². The molecule has 0 fully saturated rings. The molecule has 2 heteroatoms. The molecule has 0 aliphatic heterocycles. The van der Waals surface area contributed by atoms with E-state index >= 15 is 0 Å².